The molecule has 1 amide bonds. The summed E-state index contributed by atoms with van der Waals surface area (Å²) in [6.07, 6.45) is 6.83. The summed E-state index contributed by atoms with van der Waals surface area (Å²) in [7, 11) is 0. The lowest BCUT2D eigenvalue weighted by Gasteiger charge is -2.21. The van der Waals surface area contributed by atoms with E-state index in [4.69, 9.17) is 0 Å². The summed E-state index contributed by atoms with van der Waals surface area (Å²) in [4.78, 5) is 17.2. The van der Waals surface area contributed by atoms with Crippen molar-refractivity contribution in [2.75, 3.05) is 18.4 Å². The number of aromatic nitrogens is 1. The van der Waals surface area contributed by atoms with Crippen LogP contribution >= 0.6 is 11.3 Å². The third-order valence-electron chi connectivity index (χ3n) is 3.39. The van der Waals surface area contributed by atoms with Gasteiger partial charge in [0.25, 0.3) is 0 Å². The molecule has 1 aromatic heterocycles. The van der Waals surface area contributed by atoms with Crippen molar-refractivity contribution in [3.05, 3.63) is 11.1 Å². The first kappa shape index (κ1) is 13.5. The van der Waals surface area contributed by atoms with Crippen molar-refractivity contribution in [3.63, 3.8) is 0 Å². The van der Waals surface area contributed by atoms with Crippen molar-refractivity contribution in [2.24, 2.45) is 5.92 Å². The van der Waals surface area contributed by atoms with E-state index in [0.717, 1.165) is 31.1 Å². The van der Waals surface area contributed by atoms with Gasteiger partial charge in [-0.1, -0.05) is 6.92 Å². The highest BCUT2D eigenvalue weighted by Gasteiger charge is 2.15. The van der Waals surface area contributed by atoms with Crippen LogP contribution in [0.2, 0.25) is 0 Å². The Bertz CT molecular complexity index is 385. The molecule has 0 aromatic carbocycles. The van der Waals surface area contributed by atoms with Gasteiger partial charge in [0.1, 0.15) is 0 Å². The number of hydrogen-bond acceptors (Lipinski definition) is 4. The Balaban J connectivity index is 1.71. The summed E-state index contributed by atoms with van der Waals surface area (Å²) in [6, 6.07) is 0. The second kappa shape index (κ2) is 6.85. The molecule has 0 aliphatic carbocycles. The highest BCUT2D eigenvalue weighted by molar-refractivity contribution is 7.15. The van der Waals surface area contributed by atoms with Crippen LogP contribution in [0.4, 0.5) is 5.13 Å². The summed E-state index contributed by atoms with van der Waals surface area (Å²) < 4.78 is 0. The molecule has 0 radical (unpaired) electrons. The third-order valence-corrected chi connectivity index (χ3v) is 4.44. The standard InChI is InChI=1S/C13H21N3OS/c1-2-11-9-15-13(18-11)16-12(17)4-3-10-5-7-14-8-6-10/h9-10,14H,2-8H2,1H3,(H,15,16,17). The monoisotopic (exact) mass is 267 g/mol. The van der Waals surface area contributed by atoms with E-state index in [9.17, 15) is 4.79 Å². The number of piperidine rings is 1. The highest BCUT2D eigenvalue weighted by atomic mass is 32.1. The number of anilines is 1. The number of nitrogens with zero attached hydrogens (tertiary/aromatic N) is 1. The minimum Gasteiger partial charge on any atom is -0.317 e. The second-order valence-electron chi connectivity index (χ2n) is 4.77. The minimum atomic E-state index is 0.102. The van der Waals surface area contributed by atoms with Crippen molar-refractivity contribution >= 4 is 22.4 Å². The van der Waals surface area contributed by atoms with E-state index in [2.05, 4.69) is 22.5 Å². The normalized spacial score (nSPS) is 16.7. The zero-order valence-corrected chi connectivity index (χ0v) is 11.7. The topological polar surface area (TPSA) is 54.0 Å². The molecule has 100 valence electrons. The van der Waals surface area contributed by atoms with E-state index >= 15 is 0 Å². The van der Waals surface area contributed by atoms with Crippen LogP contribution < -0.4 is 10.6 Å². The van der Waals surface area contributed by atoms with Crippen LogP contribution in [0.5, 0.6) is 0 Å². The molecule has 4 nitrogen and oxygen atoms in total. The molecule has 2 heterocycles. The van der Waals surface area contributed by atoms with Gasteiger partial charge in [0, 0.05) is 17.5 Å². The van der Waals surface area contributed by atoms with Gasteiger partial charge in [-0.15, -0.1) is 11.3 Å². The van der Waals surface area contributed by atoms with Crippen LogP contribution in [0.1, 0.15) is 37.5 Å². The summed E-state index contributed by atoms with van der Waals surface area (Å²) in [5.41, 5.74) is 0. The molecule has 0 unspecified atom stereocenters. The molecular weight excluding hydrogens is 246 g/mol. The highest BCUT2D eigenvalue weighted by Crippen LogP contribution is 2.20. The van der Waals surface area contributed by atoms with Gasteiger partial charge in [-0.3, -0.25) is 4.79 Å². The zero-order valence-electron chi connectivity index (χ0n) is 10.9. The van der Waals surface area contributed by atoms with E-state index in [1.54, 1.807) is 11.3 Å². The molecule has 18 heavy (non-hydrogen) atoms. The van der Waals surface area contributed by atoms with Gasteiger partial charge < -0.3 is 10.6 Å². The van der Waals surface area contributed by atoms with Crippen molar-refractivity contribution in [2.45, 2.75) is 39.0 Å². The van der Waals surface area contributed by atoms with Gasteiger partial charge in [0.15, 0.2) is 5.13 Å². The fourth-order valence-corrected chi connectivity index (χ4v) is 2.98. The molecule has 1 aliphatic heterocycles. The number of aryl methyl sites for hydroxylation is 1. The van der Waals surface area contributed by atoms with Crippen LogP contribution in [0, 0.1) is 5.92 Å². The number of nitrogens with one attached hydrogen (secondary N) is 2. The Kier molecular flexibility index (Phi) is 5.13. The molecule has 2 rings (SSSR count). The quantitative estimate of drug-likeness (QED) is 0.861. The minimum absolute atomic E-state index is 0.102. The average molecular weight is 267 g/mol. The molecule has 5 heteroatoms. The van der Waals surface area contributed by atoms with Gasteiger partial charge in [0.05, 0.1) is 0 Å². The first-order valence-electron chi connectivity index (χ1n) is 6.73. The predicted molar refractivity (Wildman–Crippen MR) is 74.9 cm³/mol. The van der Waals surface area contributed by atoms with E-state index in [0.29, 0.717) is 12.3 Å². The lowest BCUT2D eigenvalue weighted by Crippen LogP contribution is -2.28. The number of carbonyl (C=O) groups excluding carboxylic acids is 1. The summed E-state index contributed by atoms with van der Waals surface area (Å²) in [6.45, 7) is 4.29. The number of rotatable bonds is 5. The van der Waals surface area contributed by atoms with Crippen molar-refractivity contribution in [1.82, 2.24) is 10.3 Å². The largest absolute Gasteiger partial charge is 0.317 e. The maximum atomic E-state index is 11.8. The maximum Gasteiger partial charge on any atom is 0.226 e. The van der Waals surface area contributed by atoms with Crippen LogP contribution in [0.25, 0.3) is 0 Å². The summed E-state index contributed by atoms with van der Waals surface area (Å²) >= 11 is 1.57. The van der Waals surface area contributed by atoms with Crippen LogP contribution in [-0.2, 0) is 11.2 Å². The van der Waals surface area contributed by atoms with E-state index in [1.807, 2.05) is 6.20 Å². The van der Waals surface area contributed by atoms with Gasteiger partial charge >= 0.3 is 0 Å². The lowest BCUT2D eigenvalue weighted by atomic mass is 9.93. The second-order valence-corrected chi connectivity index (χ2v) is 5.88. The molecule has 1 saturated heterocycles. The lowest BCUT2D eigenvalue weighted by molar-refractivity contribution is -0.116. The number of thiazole rings is 1. The van der Waals surface area contributed by atoms with Crippen molar-refractivity contribution in [1.29, 1.82) is 0 Å². The van der Waals surface area contributed by atoms with Gasteiger partial charge in [-0.2, -0.15) is 0 Å². The Morgan fingerprint density at radius 3 is 3.00 bits per heavy atom. The smallest absolute Gasteiger partial charge is 0.226 e. The Morgan fingerprint density at radius 2 is 2.33 bits per heavy atom. The molecule has 0 spiro atoms. The maximum absolute atomic E-state index is 11.8. The number of carbonyl (C=O) groups is 1. The molecule has 1 aliphatic rings. The number of hydrogen-bond donors (Lipinski definition) is 2. The van der Waals surface area contributed by atoms with E-state index < -0.39 is 0 Å². The Hall–Kier alpha value is -0.940. The molecule has 0 bridgehead atoms. The zero-order chi connectivity index (χ0) is 12.8. The third kappa shape index (κ3) is 4.07. The molecule has 0 saturated carbocycles. The van der Waals surface area contributed by atoms with Crippen molar-refractivity contribution in [3.8, 4) is 0 Å². The van der Waals surface area contributed by atoms with Gasteiger partial charge in [0.2, 0.25) is 5.91 Å². The first-order chi connectivity index (χ1) is 8.78. The molecule has 1 fully saturated rings. The van der Waals surface area contributed by atoms with Gasteiger partial charge in [-0.05, 0) is 44.7 Å². The number of amides is 1. The Morgan fingerprint density at radius 1 is 1.56 bits per heavy atom. The predicted octanol–water partition coefficient (Wildman–Crippen LogP) is 2.42. The average Bonchev–Trinajstić information content (AvgIpc) is 2.85. The van der Waals surface area contributed by atoms with Crippen molar-refractivity contribution < 1.29 is 4.79 Å². The molecule has 0 atom stereocenters. The van der Waals surface area contributed by atoms with Gasteiger partial charge in [-0.25, -0.2) is 4.98 Å². The Labute approximate surface area is 112 Å². The van der Waals surface area contributed by atoms with E-state index in [-0.39, 0.29) is 5.91 Å². The van der Waals surface area contributed by atoms with Crippen LogP contribution in [0.3, 0.4) is 0 Å². The fraction of sp³-hybridized carbons (Fsp3) is 0.692. The molecular formula is C13H21N3OS. The first-order valence-corrected chi connectivity index (χ1v) is 7.55. The van der Waals surface area contributed by atoms with Crippen LogP contribution in [-0.4, -0.2) is 24.0 Å². The summed E-state index contributed by atoms with van der Waals surface area (Å²) in [5.74, 6) is 0.810. The fourth-order valence-electron chi connectivity index (χ4n) is 2.22. The molecule has 1 aromatic rings. The summed E-state index contributed by atoms with van der Waals surface area (Å²) in [5, 5.41) is 6.97. The van der Waals surface area contributed by atoms with Crippen LogP contribution in [0.15, 0.2) is 6.20 Å². The SMILES string of the molecule is CCc1cnc(NC(=O)CCC2CCNCC2)s1. The van der Waals surface area contributed by atoms with E-state index in [1.165, 1.54) is 17.7 Å². The molecule has 2 N–H and O–H groups in total.